The monoisotopic (exact) mass is 354 g/mol. The SMILES string of the molecule is CC(=O)Nc1ccc(NC(=O)Cn2nnc(-c3cccc(F)c3)n2)cc1. The highest BCUT2D eigenvalue weighted by Gasteiger charge is 2.10. The van der Waals surface area contributed by atoms with Gasteiger partial charge in [0.25, 0.3) is 0 Å². The van der Waals surface area contributed by atoms with Crippen LogP contribution in [0.1, 0.15) is 6.92 Å². The van der Waals surface area contributed by atoms with Gasteiger partial charge in [-0.25, -0.2) is 4.39 Å². The predicted molar refractivity (Wildman–Crippen MR) is 92.6 cm³/mol. The molecule has 0 bridgehead atoms. The smallest absolute Gasteiger partial charge is 0.248 e. The van der Waals surface area contributed by atoms with Crippen molar-refractivity contribution in [2.75, 3.05) is 10.6 Å². The molecule has 0 saturated carbocycles. The van der Waals surface area contributed by atoms with Crippen molar-refractivity contribution >= 4 is 23.2 Å². The highest BCUT2D eigenvalue weighted by molar-refractivity contribution is 5.92. The molecule has 0 radical (unpaired) electrons. The number of benzene rings is 2. The first-order chi connectivity index (χ1) is 12.5. The van der Waals surface area contributed by atoms with Crippen LogP contribution in [0.25, 0.3) is 11.4 Å². The second-order valence-electron chi connectivity index (χ2n) is 5.46. The molecule has 2 aromatic carbocycles. The van der Waals surface area contributed by atoms with Crippen molar-refractivity contribution < 1.29 is 14.0 Å². The Morgan fingerprint density at radius 1 is 1.08 bits per heavy atom. The molecule has 0 aliphatic carbocycles. The topological polar surface area (TPSA) is 102 Å². The normalized spacial score (nSPS) is 10.4. The molecule has 132 valence electrons. The number of nitrogens with zero attached hydrogens (tertiary/aromatic N) is 4. The first-order valence-corrected chi connectivity index (χ1v) is 7.71. The van der Waals surface area contributed by atoms with Crippen LogP contribution < -0.4 is 10.6 Å². The Kier molecular flexibility index (Phi) is 4.97. The second-order valence-corrected chi connectivity index (χ2v) is 5.46. The van der Waals surface area contributed by atoms with E-state index in [0.717, 1.165) is 4.80 Å². The van der Waals surface area contributed by atoms with E-state index in [2.05, 4.69) is 26.0 Å². The molecule has 3 rings (SSSR count). The average Bonchev–Trinajstić information content (AvgIpc) is 3.04. The zero-order valence-corrected chi connectivity index (χ0v) is 13.8. The van der Waals surface area contributed by atoms with E-state index >= 15 is 0 Å². The van der Waals surface area contributed by atoms with Crippen molar-refractivity contribution in [2.24, 2.45) is 0 Å². The molecule has 0 atom stereocenters. The lowest BCUT2D eigenvalue weighted by molar-refractivity contribution is -0.117. The van der Waals surface area contributed by atoms with Crippen molar-refractivity contribution in [2.45, 2.75) is 13.5 Å². The summed E-state index contributed by atoms with van der Waals surface area (Å²) in [5.74, 6) is -0.690. The molecule has 0 spiro atoms. The second kappa shape index (κ2) is 7.51. The molecule has 0 aliphatic heterocycles. The maximum absolute atomic E-state index is 13.2. The molecular weight excluding hydrogens is 339 g/mol. The summed E-state index contributed by atoms with van der Waals surface area (Å²) >= 11 is 0. The first kappa shape index (κ1) is 17.2. The van der Waals surface area contributed by atoms with Crippen molar-refractivity contribution in [3.8, 4) is 11.4 Å². The van der Waals surface area contributed by atoms with Crippen LogP contribution in [0.4, 0.5) is 15.8 Å². The Hall–Kier alpha value is -3.62. The van der Waals surface area contributed by atoms with E-state index in [9.17, 15) is 14.0 Å². The van der Waals surface area contributed by atoms with Crippen LogP contribution in [0.5, 0.6) is 0 Å². The van der Waals surface area contributed by atoms with E-state index in [1.165, 1.54) is 19.1 Å². The molecule has 3 aromatic rings. The number of carbonyl (C=O) groups excluding carboxylic acids is 2. The van der Waals surface area contributed by atoms with Gasteiger partial charge in [0, 0.05) is 23.9 Å². The fourth-order valence-electron chi connectivity index (χ4n) is 2.22. The number of nitrogens with one attached hydrogen (secondary N) is 2. The van der Waals surface area contributed by atoms with Crippen molar-refractivity contribution in [1.29, 1.82) is 0 Å². The van der Waals surface area contributed by atoms with Crippen molar-refractivity contribution in [1.82, 2.24) is 20.2 Å². The summed E-state index contributed by atoms with van der Waals surface area (Å²) in [6, 6.07) is 12.5. The minimum absolute atomic E-state index is 0.143. The molecule has 1 aromatic heterocycles. The molecule has 0 aliphatic rings. The van der Waals surface area contributed by atoms with E-state index in [1.807, 2.05) is 0 Å². The lowest BCUT2D eigenvalue weighted by atomic mass is 10.2. The number of hydrogen-bond acceptors (Lipinski definition) is 5. The van der Waals surface area contributed by atoms with Gasteiger partial charge >= 0.3 is 0 Å². The third kappa shape index (κ3) is 4.47. The van der Waals surface area contributed by atoms with Crippen LogP contribution in [0.3, 0.4) is 0 Å². The maximum atomic E-state index is 13.2. The van der Waals surface area contributed by atoms with Gasteiger partial charge in [0.2, 0.25) is 17.6 Å². The van der Waals surface area contributed by atoms with E-state index in [1.54, 1.807) is 36.4 Å². The number of amides is 2. The van der Waals surface area contributed by atoms with Crippen LogP contribution in [0.2, 0.25) is 0 Å². The van der Waals surface area contributed by atoms with Crippen molar-refractivity contribution in [3.63, 3.8) is 0 Å². The van der Waals surface area contributed by atoms with Gasteiger partial charge in [0.05, 0.1) is 0 Å². The molecule has 2 amide bonds. The zero-order valence-electron chi connectivity index (χ0n) is 13.8. The molecule has 0 unspecified atom stereocenters. The van der Waals surface area contributed by atoms with Gasteiger partial charge in [-0.1, -0.05) is 12.1 Å². The van der Waals surface area contributed by atoms with Crippen LogP contribution >= 0.6 is 0 Å². The molecule has 8 nitrogen and oxygen atoms in total. The highest BCUT2D eigenvalue weighted by atomic mass is 19.1. The Bertz CT molecular complexity index is 938. The molecule has 1 heterocycles. The van der Waals surface area contributed by atoms with Gasteiger partial charge in [-0.3, -0.25) is 9.59 Å². The van der Waals surface area contributed by atoms with Gasteiger partial charge < -0.3 is 10.6 Å². The van der Waals surface area contributed by atoms with Crippen molar-refractivity contribution in [3.05, 3.63) is 54.3 Å². The minimum atomic E-state index is -0.403. The fourth-order valence-corrected chi connectivity index (χ4v) is 2.22. The molecule has 26 heavy (non-hydrogen) atoms. The number of carbonyl (C=O) groups is 2. The summed E-state index contributed by atoms with van der Waals surface area (Å²) in [6.07, 6.45) is 0. The fraction of sp³-hybridized carbons (Fsp3) is 0.118. The standard InChI is InChI=1S/C17H15FN6O2/c1-11(25)19-14-5-7-15(8-6-14)20-16(26)10-24-22-17(21-23-24)12-3-2-4-13(18)9-12/h2-9H,10H2,1H3,(H,19,25)(H,20,26). The molecular formula is C17H15FN6O2. The number of aromatic nitrogens is 4. The van der Waals surface area contributed by atoms with Crippen LogP contribution in [-0.4, -0.2) is 32.0 Å². The molecule has 2 N–H and O–H groups in total. The summed E-state index contributed by atoms with van der Waals surface area (Å²) in [7, 11) is 0. The predicted octanol–water partition coefficient (Wildman–Crippen LogP) is 2.08. The lowest BCUT2D eigenvalue weighted by Crippen LogP contribution is -2.20. The summed E-state index contributed by atoms with van der Waals surface area (Å²) < 4.78 is 13.2. The van der Waals surface area contributed by atoms with Gasteiger partial charge in [-0.2, -0.15) is 4.80 Å². The maximum Gasteiger partial charge on any atom is 0.248 e. The van der Waals surface area contributed by atoms with Gasteiger partial charge in [-0.15, -0.1) is 10.2 Å². The minimum Gasteiger partial charge on any atom is -0.326 e. The summed E-state index contributed by atoms with van der Waals surface area (Å²) in [5.41, 5.74) is 1.67. The number of rotatable bonds is 5. The number of halogens is 1. The van der Waals surface area contributed by atoms with E-state index in [0.29, 0.717) is 16.9 Å². The van der Waals surface area contributed by atoms with Gasteiger partial charge in [-0.05, 0) is 41.6 Å². The third-order valence-corrected chi connectivity index (χ3v) is 3.31. The van der Waals surface area contributed by atoms with Crippen LogP contribution in [0, 0.1) is 5.82 Å². The zero-order chi connectivity index (χ0) is 18.5. The largest absolute Gasteiger partial charge is 0.326 e. The average molecular weight is 354 g/mol. The molecule has 9 heteroatoms. The number of hydrogen-bond donors (Lipinski definition) is 2. The molecule has 0 fully saturated rings. The van der Waals surface area contributed by atoms with Gasteiger partial charge in [0.1, 0.15) is 12.4 Å². The summed E-state index contributed by atoms with van der Waals surface area (Å²) in [4.78, 5) is 24.2. The number of tetrazole rings is 1. The van der Waals surface area contributed by atoms with Gasteiger partial charge in [0.15, 0.2) is 0 Å². The quantitative estimate of drug-likeness (QED) is 0.730. The third-order valence-electron chi connectivity index (χ3n) is 3.31. The summed E-state index contributed by atoms with van der Waals surface area (Å²) in [6.45, 7) is 1.27. The van der Waals surface area contributed by atoms with E-state index in [4.69, 9.17) is 0 Å². The first-order valence-electron chi connectivity index (χ1n) is 7.71. The summed E-state index contributed by atoms with van der Waals surface area (Å²) in [5, 5.41) is 17.0. The Morgan fingerprint density at radius 3 is 2.42 bits per heavy atom. The van der Waals surface area contributed by atoms with E-state index < -0.39 is 5.82 Å². The Labute approximate surface area is 148 Å². The Morgan fingerprint density at radius 2 is 1.77 bits per heavy atom. The highest BCUT2D eigenvalue weighted by Crippen LogP contribution is 2.15. The van der Waals surface area contributed by atoms with Crippen LogP contribution in [-0.2, 0) is 16.1 Å². The number of anilines is 2. The Balaban J connectivity index is 1.61. The van der Waals surface area contributed by atoms with Crippen LogP contribution in [0.15, 0.2) is 48.5 Å². The molecule has 0 saturated heterocycles. The van der Waals surface area contributed by atoms with E-state index in [-0.39, 0.29) is 24.2 Å². The lowest BCUT2D eigenvalue weighted by Gasteiger charge is -2.06.